The van der Waals surface area contributed by atoms with E-state index < -0.39 is 0 Å². The number of hydrogen-bond acceptors (Lipinski definition) is 4. The van der Waals surface area contributed by atoms with E-state index in [1.165, 1.54) is 24.5 Å². The minimum absolute atomic E-state index is 0.296. The van der Waals surface area contributed by atoms with Gasteiger partial charge in [-0.05, 0) is 12.1 Å². The Hall–Kier alpha value is -2.37. The van der Waals surface area contributed by atoms with E-state index in [9.17, 15) is 4.39 Å². The van der Waals surface area contributed by atoms with Crippen molar-refractivity contribution in [3.8, 4) is 0 Å². The van der Waals surface area contributed by atoms with E-state index in [-0.39, 0.29) is 5.82 Å². The van der Waals surface area contributed by atoms with Crippen molar-refractivity contribution in [3.05, 3.63) is 36.5 Å². The van der Waals surface area contributed by atoms with Crippen molar-refractivity contribution in [2.24, 2.45) is 0 Å². The first-order valence-electron chi connectivity index (χ1n) is 4.63. The second-order valence-corrected chi connectivity index (χ2v) is 3.22. The van der Waals surface area contributed by atoms with Crippen LogP contribution >= 0.6 is 0 Å². The summed E-state index contributed by atoms with van der Waals surface area (Å²) < 4.78 is 18.3. The number of fused-ring (bicyclic) bond motifs is 1. The molecule has 3 aromatic rings. The average molecular weight is 218 g/mol. The first-order valence-corrected chi connectivity index (χ1v) is 4.63. The number of H-pyrrole nitrogens is 1. The number of anilines is 2. The van der Waals surface area contributed by atoms with Crippen molar-refractivity contribution in [3.63, 3.8) is 0 Å². The molecular formula is C10H7FN4O. The molecule has 3 rings (SSSR count). The van der Waals surface area contributed by atoms with E-state index in [4.69, 9.17) is 4.42 Å². The van der Waals surface area contributed by atoms with E-state index in [0.29, 0.717) is 22.9 Å². The van der Waals surface area contributed by atoms with Gasteiger partial charge in [0.2, 0.25) is 0 Å². The number of oxazole rings is 1. The first kappa shape index (κ1) is 8.90. The summed E-state index contributed by atoms with van der Waals surface area (Å²) in [5.41, 5.74) is 1.01. The Morgan fingerprint density at radius 2 is 2.31 bits per heavy atom. The predicted octanol–water partition coefficient (Wildman–Crippen LogP) is 2.43. The molecule has 2 N–H and O–H groups in total. The fourth-order valence-corrected chi connectivity index (χ4v) is 1.39. The lowest BCUT2D eigenvalue weighted by molar-refractivity contribution is 0.616. The highest BCUT2D eigenvalue weighted by Crippen LogP contribution is 2.21. The quantitative estimate of drug-likeness (QED) is 0.693. The van der Waals surface area contributed by atoms with Gasteiger partial charge in [0.25, 0.3) is 0 Å². The molecule has 0 aliphatic carbocycles. The van der Waals surface area contributed by atoms with Crippen LogP contribution in [-0.2, 0) is 0 Å². The molecule has 0 saturated carbocycles. The second-order valence-electron chi connectivity index (χ2n) is 3.22. The van der Waals surface area contributed by atoms with Gasteiger partial charge in [-0.25, -0.2) is 9.37 Å². The minimum Gasteiger partial charge on any atom is -0.423 e. The van der Waals surface area contributed by atoms with Gasteiger partial charge >= 0.3 is 6.01 Å². The summed E-state index contributed by atoms with van der Waals surface area (Å²) in [6.45, 7) is 0. The highest BCUT2D eigenvalue weighted by molar-refractivity contribution is 5.74. The number of nitrogens with zero attached hydrogens (tertiary/aromatic N) is 2. The van der Waals surface area contributed by atoms with E-state index in [1.54, 1.807) is 6.20 Å². The predicted molar refractivity (Wildman–Crippen MR) is 55.8 cm³/mol. The monoisotopic (exact) mass is 218 g/mol. The molecule has 16 heavy (non-hydrogen) atoms. The van der Waals surface area contributed by atoms with Crippen LogP contribution in [0.15, 0.2) is 35.1 Å². The molecule has 0 bridgehead atoms. The topological polar surface area (TPSA) is 66.7 Å². The standard InChI is InChI=1S/C10H7FN4O/c11-6-1-2-8-7(3-6)14-10(16-8)15-9-4-12-5-13-9/h1-5H,(H,12,13)(H,14,15). The van der Waals surface area contributed by atoms with Crippen molar-refractivity contribution in [1.82, 2.24) is 15.0 Å². The third-order valence-corrected chi connectivity index (χ3v) is 2.09. The molecule has 0 fully saturated rings. The van der Waals surface area contributed by atoms with Gasteiger partial charge in [0.15, 0.2) is 5.58 Å². The largest absolute Gasteiger partial charge is 0.423 e. The number of aromatic nitrogens is 3. The number of benzene rings is 1. The molecule has 0 radical (unpaired) electrons. The van der Waals surface area contributed by atoms with Crippen LogP contribution in [0, 0.1) is 5.82 Å². The number of nitrogens with one attached hydrogen (secondary N) is 2. The Labute approximate surface area is 89.3 Å². The lowest BCUT2D eigenvalue weighted by Crippen LogP contribution is -1.89. The van der Waals surface area contributed by atoms with E-state index in [2.05, 4.69) is 20.3 Å². The lowest BCUT2D eigenvalue weighted by atomic mass is 10.3. The molecule has 5 nitrogen and oxygen atoms in total. The Morgan fingerprint density at radius 1 is 1.38 bits per heavy atom. The highest BCUT2D eigenvalue weighted by Gasteiger charge is 2.06. The molecule has 6 heteroatoms. The van der Waals surface area contributed by atoms with Crippen molar-refractivity contribution in [1.29, 1.82) is 0 Å². The van der Waals surface area contributed by atoms with Gasteiger partial charge in [0, 0.05) is 6.07 Å². The second kappa shape index (κ2) is 3.34. The zero-order valence-electron chi connectivity index (χ0n) is 8.07. The van der Waals surface area contributed by atoms with Crippen LogP contribution < -0.4 is 5.32 Å². The molecule has 2 aromatic heterocycles. The minimum atomic E-state index is -0.339. The van der Waals surface area contributed by atoms with Crippen LogP contribution in [0.1, 0.15) is 0 Å². The third kappa shape index (κ3) is 1.50. The summed E-state index contributed by atoms with van der Waals surface area (Å²) in [6.07, 6.45) is 3.13. The molecule has 0 atom stereocenters. The van der Waals surface area contributed by atoms with Crippen molar-refractivity contribution in [2.75, 3.05) is 5.32 Å². The highest BCUT2D eigenvalue weighted by atomic mass is 19.1. The van der Waals surface area contributed by atoms with Crippen LogP contribution in [0.2, 0.25) is 0 Å². The Morgan fingerprint density at radius 3 is 3.12 bits per heavy atom. The van der Waals surface area contributed by atoms with Gasteiger partial charge in [-0.1, -0.05) is 0 Å². The molecule has 0 amide bonds. The summed E-state index contributed by atoms with van der Waals surface area (Å²) in [5.74, 6) is 0.320. The summed E-state index contributed by atoms with van der Waals surface area (Å²) in [7, 11) is 0. The van der Waals surface area contributed by atoms with Crippen molar-refractivity contribution < 1.29 is 8.81 Å². The van der Waals surface area contributed by atoms with Crippen LogP contribution in [-0.4, -0.2) is 15.0 Å². The summed E-state index contributed by atoms with van der Waals surface area (Å²) >= 11 is 0. The number of halogens is 1. The fourth-order valence-electron chi connectivity index (χ4n) is 1.39. The molecular weight excluding hydrogens is 211 g/mol. The zero-order chi connectivity index (χ0) is 11.0. The zero-order valence-corrected chi connectivity index (χ0v) is 8.07. The van der Waals surface area contributed by atoms with E-state index in [0.717, 1.165) is 0 Å². The number of rotatable bonds is 2. The maximum Gasteiger partial charge on any atom is 0.301 e. The molecule has 0 unspecified atom stereocenters. The van der Waals surface area contributed by atoms with Crippen LogP contribution in [0.4, 0.5) is 16.2 Å². The number of aromatic amines is 1. The maximum absolute atomic E-state index is 12.9. The van der Waals surface area contributed by atoms with Crippen molar-refractivity contribution >= 4 is 22.9 Å². The molecule has 0 aliphatic rings. The maximum atomic E-state index is 12.9. The summed E-state index contributed by atoms with van der Waals surface area (Å²) in [4.78, 5) is 10.8. The first-order chi connectivity index (χ1) is 7.81. The van der Waals surface area contributed by atoms with Crippen LogP contribution in [0.25, 0.3) is 11.1 Å². The molecule has 0 saturated heterocycles. The number of imidazole rings is 1. The summed E-state index contributed by atoms with van der Waals surface area (Å²) in [6, 6.07) is 4.48. The van der Waals surface area contributed by atoms with Crippen LogP contribution in [0.3, 0.4) is 0 Å². The van der Waals surface area contributed by atoms with E-state index >= 15 is 0 Å². The molecule has 0 spiro atoms. The lowest BCUT2D eigenvalue weighted by Gasteiger charge is -1.93. The van der Waals surface area contributed by atoms with Crippen LogP contribution in [0.5, 0.6) is 0 Å². The normalized spacial score (nSPS) is 10.8. The Kier molecular flexibility index (Phi) is 1.86. The Bertz CT molecular complexity index is 617. The molecule has 80 valence electrons. The SMILES string of the molecule is Fc1ccc2oc(Nc3cnc[nH]3)nc2c1. The van der Waals surface area contributed by atoms with Gasteiger partial charge in [0.05, 0.1) is 12.5 Å². The molecule has 2 heterocycles. The Balaban J connectivity index is 1.99. The van der Waals surface area contributed by atoms with Gasteiger partial charge in [-0.3, -0.25) is 5.32 Å². The average Bonchev–Trinajstić information content (AvgIpc) is 2.86. The van der Waals surface area contributed by atoms with Gasteiger partial charge in [-0.15, -0.1) is 0 Å². The molecule has 0 aliphatic heterocycles. The number of hydrogen-bond donors (Lipinski definition) is 2. The van der Waals surface area contributed by atoms with Crippen molar-refractivity contribution in [2.45, 2.75) is 0 Å². The summed E-state index contributed by atoms with van der Waals surface area (Å²) in [5, 5.41) is 2.87. The van der Waals surface area contributed by atoms with Gasteiger partial charge in [-0.2, -0.15) is 4.98 Å². The fraction of sp³-hybridized carbons (Fsp3) is 0. The van der Waals surface area contributed by atoms with E-state index in [1.807, 2.05) is 0 Å². The smallest absolute Gasteiger partial charge is 0.301 e. The molecule has 1 aromatic carbocycles. The third-order valence-electron chi connectivity index (χ3n) is 2.09. The van der Waals surface area contributed by atoms with Gasteiger partial charge < -0.3 is 9.40 Å². The van der Waals surface area contributed by atoms with Gasteiger partial charge in [0.1, 0.15) is 17.2 Å².